The summed E-state index contributed by atoms with van der Waals surface area (Å²) in [5.41, 5.74) is 0.688. The number of terminal acetylenes is 1. The van der Waals surface area contributed by atoms with E-state index in [-0.39, 0.29) is 5.41 Å². The molecule has 4 rings (SSSR count). The zero-order chi connectivity index (χ0) is 16.0. The van der Waals surface area contributed by atoms with Crippen molar-refractivity contribution in [3.8, 4) is 12.8 Å². The third-order valence-electron chi connectivity index (χ3n) is 8.29. The maximum absolute atomic E-state index is 12.4. The lowest BCUT2D eigenvalue weighted by molar-refractivity contribution is -0.138. The Kier molecular flexibility index (Phi) is 4.17. The van der Waals surface area contributed by atoms with Gasteiger partial charge in [0.1, 0.15) is 5.78 Å². The Labute approximate surface area is 136 Å². The fourth-order valence-corrected chi connectivity index (χ4v) is 7.07. The van der Waals surface area contributed by atoms with Gasteiger partial charge in [0.05, 0.1) is 0 Å². The first-order valence-corrected chi connectivity index (χ1v) is 9.42. The number of hydrogen-bond acceptors (Lipinski definition) is 1. The molecule has 22 heavy (non-hydrogen) atoms. The molecule has 0 aromatic rings. The van der Waals surface area contributed by atoms with Gasteiger partial charge in [-0.2, -0.15) is 0 Å². The number of hydrogen-bond donors (Lipinski definition) is 0. The van der Waals surface area contributed by atoms with E-state index in [2.05, 4.69) is 26.7 Å². The normalized spacial score (nSPS) is 50.1. The van der Waals surface area contributed by atoms with Crippen molar-refractivity contribution in [2.24, 2.45) is 34.5 Å². The van der Waals surface area contributed by atoms with Gasteiger partial charge in [-0.15, -0.1) is 12.8 Å². The van der Waals surface area contributed by atoms with Crippen molar-refractivity contribution < 1.29 is 4.79 Å². The van der Waals surface area contributed by atoms with Gasteiger partial charge in [-0.05, 0) is 74.0 Å². The molecule has 1 heteroatoms. The van der Waals surface area contributed by atoms with E-state index in [1.165, 1.54) is 57.8 Å². The fourth-order valence-electron chi connectivity index (χ4n) is 7.07. The average Bonchev–Trinajstić information content (AvgIpc) is 2.84. The van der Waals surface area contributed by atoms with Crippen LogP contribution < -0.4 is 0 Å². The van der Waals surface area contributed by atoms with E-state index in [1.54, 1.807) is 0 Å². The number of rotatable bonds is 0. The first kappa shape index (κ1) is 16.1. The lowest BCUT2D eigenvalue weighted by Crippen LogP contribution is -2.52. The third kappa shape index (κ3) is 2.10. The summed E-state index contributed by atoms with van der Waals surface area (Å²) in [4.78, 5) is 12.4. The molecule has 0 amide bonds. The van der Waals surface area contributed by atoms with E-state index in [0.29, 0.717) is 11.2 Å². The lowest BCUT2D eigenvalue weighted by atomic mass is 9.45. The molecule has 4 aliphatic carbocycles. The molecule has 4 fully saturated rings. The van der Waals surface area contributed by atoms with Crippen LogP contribution in [0.15, 0.2) is 0 Å². The van der Waals surface area contributed by atoms with Crippen LogP contribution >= 0.6 is 0 Å². The number of Topliss-reactive ketones (excluding diaryl/α,β-unsaturated/α-hetero) is 1. The molecule has 1 nitrogen and oxygen atoms in total. The lowest BCUT2D eigenvalue weighted by Gasteiger charge is -2.59. The molecule has 0 aromatic heterocycles. The van der Waals surface area contributed by atoms with Crippen LogP contribution in [0.1, 0.15) is 78.1 Å². The Morgan fingerprint density at radius 3 is 2.45 bits per heavy atom. The predicted molar refractivity (Wildman–Crippen MR) is 91.2 cm³/mol. The topological polar surface area (TPSA) is 17.1 Å². The highest BCUT2D eigenvalue weighted by molar-refractivity contribution is 5.87. The second-order valence-electron chi connectivity index (χ2n) is 8.82. The highest BCUT2D eigenvalue weighted by atomic mass is 16.1. The largest absolute Gasteiger partial charge is 0.299 e. The number of ketones is 1. The molecule has 0 spiro atoms. The van der Waals surface area contributed by atoms with E-state index in [9.17, 15) is 4.79 Å². The molecule has 0 aliphatic heterocycles. The minimum atomic E-state index is 0.0685. The first-order chi connectivity index (χ1) is 10.6. The molecule has 6 unspecified atom stereocenters. The molecule has 0 radical (unpaired) electrons. The van der Waals surface area contributed by atoms with E-state index < -0.39 is 0 Å². The Morgan fingerprint density at radius 2 is 1.68 bits per heavy atom. The number of carbonyl (C=O) groups excluding carboxylic acids is 1. The Balaban J connectivity index is 0.000000693. The van der Waals surface area contributed by atoms with Gasteiger partial charge in [0, 0.05) is 11.8 Å². The van der Waals surface area contributed by atoms with Crippen molar-refractivity contribution in [3.05, 3.63) is 0 Å². The summed E-state index contributed by atoms with van der Waals surface area (Å²) in [6.45, 7) is 4.92. The molecule has 6 atom stereocenters. The summed E-state index contributed by atoms with van der Waals surface area (Å²) in [5.74, 6) is 4.13. The quantitative estimate of drug-likeness (QED) is 0.559. The van der Waals surface area contributed by atoms with Crippen molar-refractivity contribution >= 4 is 5.78 Å². The summed E-state index contributed by atoms with van der Waals surface area (Å²) in [6, 6.07) is 0. The summed E-state index contributed by atoms with van der Waals surface area (Å²) in [5, 5.41) is 0. The average molecular weight is 300 g/mol. The molecule has 4 aliphatic rings. The first-order valence-electron chi connectivity index (χ1n) is 9.42. The van der Waals surface area contributed by atoms with Crippen molar-refractivity contribution in [2.45, 2.75) is 78.1 Å². The van der Waals surface area contributed by atoms with Crippen LogP contribution in [0.3, 0.4) is 0 Å². The van der Waals surface area contributed by atoms with Crippen LogP contribution in [0.5, 0.6) is 0 Å². The van der Waals surface area contributed by atoms with Gasteiger partial charge in [-0.3, -0.25) is 4.79 Å². The molecular formula is C21H32O. The van der Waals surface area contributed by atoms with Gasteiger partial charge in [-0.25, -0.2) is 0 Å². The van der Waals surface area contributed by atoms with Crippen LogP contribution in [0.4, 0.5) is 0 Å². The summed E-state index contributed by atoms with van der Waals surface area (Å²) >= 11 is 0. The van der Waals surface area contributed by atoms with Crippen LogP contribution in [0.2, 0.25) is 0 Å². The van der Waals surface area contributed by atoms with Crippen molar-refractivity contribution in [1.29, 1.82) is 0 Å². The zero-order valence-corrected chi connectivity index (χ0v) is 14.4. The van der Waals surface area contributed by atoms with Crippen molar-refractivity contribution in [1.82, 2.24) is 0 Å². The maximum Gasteiger partial charge on any atom is 0.139 e. The van der Waals surface area contributed by atoms with E-state index in [1.807, 2.05) is 0 Å². The van der Waals surface area contributed by atoms with Gasteiger partial charge in [0.15, 0.2) is 0 Å². The predicted octanol–water partition coefficient (Wildman–Crippen LogP) is 5.24. The van der Waals surface area contributed by atoms with Crippen LogP contribution in [-0.4, -0.2) is 5.78 Å². The second kappa shape index (κ2) is 5.70. The molecule has 0 saturated heterocycles. The molecule has 0 heterocycles. The smallest absolute Gasteiger partial charge is 0.139 e. The number of carbonyl (C=O) groups is 1. The molecule has 122 valence electrons. The van der Waals surface area contributed by atoms with E-state index in [4.69, 9.17) is 0 Å². The SMILES string of the molecule is C#C.CC12CCC3C(CCC4CCCCC43C)C1CCC2=O. The standard InChI is InChI=1S/C19H30O.C2H2/c1-18-11-4-3-5-13(18)6-7-14-15-8-9-17(20)19(15,2)12-10-16(14)18;1-2/h13-16H,3-12H2,1-2H3;1-2H. The van der Waals surface area contributed by atoms with Gasteiger partial charge in [0.25, 0.3) is 0 Å². The highest BCUT2D eigenvalue weighted by Gasteiger charge is 2.59. The van der Waals surface area contributed by atoms with Crippen molar-refractivity contribution in [2.75, 3.05) is 0 Å². The highest BCUT2D eigenvalue weighted by Crippen LogP contribution is 2.65. The zero-order valence-electron chi connectivity index (χ0n) is 14.4. The minimum absolute atomic E-state index is 0.0685. The minimum Gasteiger partial charge on any atom is -0.299 e. The fraction of sp³-hybridized carbons (Fsp3) is 0.857. The molecular weight excluding hydrogens is 268 g/mol. The monoisotopic (exact) mass is 300 g/mol. The Morgan fingerprint density at radius 1 is 0.909 bits per heavy atom. The van der Waals surface area contributed by atoms with Crippen LogP contribution in [-0.2, 0) is 4.79 Å². The number of fused-ring (bicyclic) bond motifs is 5. The summed E-state index contributed by atoms with van der Waals surface area (Å²) in [7, 11) is 0. The van der Waals surface area contributed by atoms with E-state index >= 15 is 0 Å². The Bertz CT molecular complexity index is 464. The molecule has 0 bridgehead atoms. The maximum atomic E-state index is 12.4. The van der Waals surface area contributed by atoms with Gasteiger partial charge >= 0.3 is 0 Å². The molecule has 0 aromatic carbocycles. The van der Waals surface area contributed by atoms with Gasteiger partial charge < -0.3 is 0 Å². The molecule has 0 N–H and O–H groups in total. The van der Waals surface area contributed by atoms with Gasteiger partial charge in [-0.1, -0.05) is 26.7 Å². The van der Waals surface area contributed by atoms with E-state index in [0.717, 1.165) is 30.1 Å². The summed E-state index contributed by atoms with van der Waals surface area (Å²) in [6.07, 6.45) is 21.4. The third-order valence-corrected chi connectivity index (χ3v) is 8.29. The van der Waals surface area contributed by atoms with Gasteiger partial charge in [0.2, 0.25) is 0 Å². The van der Waals surface area contributed by atoms with Crippen molar-refractivity contribution in [3.63, 3.8) is 0 Å². The molecule has 4 saturated carbocycles. The van der Waals surface area contributed by atoms with Crippen LogP contribution in [0, 0.1) is 47.3 Å². The Hall–Kier alpha value is -0.770. The van der Waals surface area contributed by atoms with Crippen LogP contribution in [0.25, 0.3) is 0 Å². The second-order valence-corrected chi connectivity index (χ2v) is 8.82. The summed E-state index contributed by atoms with van der Waals surface area (Å²) < 4.78 is 0.